The molecule has 0 radical (unpaired) electrons. The van der Waals surface area contributed by atoms with Crippen LogP contribution < -0.4 is 4.74 Å². The molecule has 1 aromatic carbocycles. The second-order valence-corrected chi connectivity index (χ2v) is 20.4. The Balaban J connectivity index is 1.27. The number of alkyl halides is 3. The molecular formula is C37H42F3N9O2Si. The van der Waals surface area contributed by atoms with Crippen LogP contribution in [0.15, 0.2) is 61.3 Å². The van der Waals surface area contributed by atoms with Gasteiger partial charge in [-0.15, -0.1) is 0 Å². The summed E-state index contributed by atoms with van der Waals surface area (Å²) in [6.45, 7) is 12.1. The van der Waals surface area contributed by atoms with Gasteiger partial charge in [-0.1, -0.05) is 43.9 Å². The van der Waals surface area contributed by atoms with Crippen LogP contribution in [0, 0.1) is 0 Å². The normalized spacial score (nSPS) is 13.8. The fraction of sp³-hybridized carbons (Fsp3) is 0.405. The summed E-state index contributed by atoms with van der Waals surface area (Å²) in [5.41, 5.74) is 4.40. The molecule has 0 amide bonds. The predicted molar refractivity (Wildman–Crippen MR) is 195 cm³/mol. The van der Waals surface area contributed by atoms with Gasteiger partial charge in [0.25, 0.3) is 0 Å². The Hall–Kier alpha value is -4.89. The van der Waals surface area contributed by atoms with Gasteiger partial charge in [0.15, 0.2) is 11.5 Å². The Labute approximate surface area is 300 Å². The first-order valence-corrected chi connectivity index (χ1v) is 21.1. The number of halogens is 3. The lowest BCUT2D eigenvalue weighted by Gasteiger charge is -2.15. The first-order valence-electron chi connectivity index (χ1n) is 17.4. The van der Waals surface area contributed by atoms with Gasteiger partial charge in [-0.05, 0) is 50.4 Å². The summed E-state index contributed by atoms with van der Waals surface area (Å²) in [5, 5.41) is 5.68. The van der Waals surface area contributed by atoms with Crippen LogP contribution in [0.1, 0.15) is 55.6 Å². The number of hydrogen-bond donors (Lipinski definition) is 0. The molecule has 5 aromatic heterocycles. The number of nitrogens with zero attached hydrogens (tertiary/aromatic N) is 9. The summed E-state index contributed by atoms with van der Waals surface area (Å²) in [6, 6.07) is 12.3. The molecule has 1 fully saturated rings. The lowest BCUT2D eigenvalue weighted by Crippen LogP contribution is -2.22. The van der Waals surface area contributed by atoms with Crippen LogP contribution in [0.4, 0.5) is 13.2 Å². The van der Waals surface area contributed by atoms with E-state index in [1.807, 2.05) is 56.4 Å². The Bertz CT molecular complexity index is 2200. The molecule has 6 aromatic rings. The van der Waals surface area contributed by atoms with Crippen LogP contribution in [0.2, 0.25) is 25.7 Å². The van der Waals surface area contributed by atoms with Crippen molar-refractivity contribution < 1.29 is 22.6 Å². The summed E-state index contributed by atoms with van der Waals surface area (Å²) in [4.78, 5) is 22.8. The molecule has 0 bridgehead atoms. The van der Waals surface area contributed by atoms with Crippen molar-refractivity contribution in [3.63, 3.8) is 0 Å². The van der Waals surface area contributed by atoms with Gasteiger partial charge in [-0.3, -0.25) is 0 Å². The van der Waals surface area contributed by atoms with Crippen molar-refractivity contribution in [3.05, 3.63) is 78.3 Å². The predicted octanol–water partition coefficient (Wildman–Crippen LogP) is 8.46. The Morgan fingerprint density at radius 1 is 1.00 bits per heavy atom. The maximum absolute atomic E-state index is 13.6. The fourth-order valence-electron chi connectivity index (χ4n) is 6.13. The lowest BCUT2D eigenvalue weighted by molar-refractivity contribution is -0.140. The van der Waals surface area contributed by atoms with Gasteiger partial charge in [0.05, 0.1) is 18.5 Å². The highest BCUT2D eigenvalue weighted by atomic mass is 28.3. The van der Waals surface area contributed by atoms with Gasteiger partial charge in [-0.25, -0.2) is 29.6 Å². The molecule has 11 nitrogen and oxygen atoms in total. The number of ether oxygens (including phenoxy) is 2. The van der Waals surface area contributed by atoms with E-state index >= 15 is 0 Å². The zero-order valence-electron chi connectivity index (χ0n) is 30.1. The molecule has 1 aliphatic carbocycles. The van der Waals surface area contributed by atoms with Crippen molar-refractivity contribution in [3.8, 4) is 40.0 Å². The van der Waals surface area contributed by atoms with E-state index in [2.05, 4.69) is 39.2 Å². The van der Waals surface area contributed by atoms with Crippen molar-refractivity contribution in [2.24, 2.45) is 0 Å². The largest absolute Gasteiger partial charge is 0.480 e. The standard InChI is InChI=1S/C37H42F3N9O2Si/c1-23(2)48-20-30(37(38,39)40)44-34(48)26-9-7-24(8-10-26)19-49-29(28-13-14-47(46-28)22-51-15-16-52(4,5)6)17-27-18-41-33(45-35(27)49)31-32(25-11-12-25)42-21-43-36(31)50-3/h7-10,13-14,17-18,20-21,23,25H,11-12,15-16,19,22H2,1-6H3. The molecule has 5 heterocycles. The van der Waals surface area contributed by atoms with Gasteiger partial charge < -0.3 is 18.6 Å². The van der Waals surface area contributed by atoms with Gasteiger partial charge in [0.1, 0.15) is 35.8 Å². The molecule has 0 spiro atoms. The maximum atomic E-state index is 13.6. The van der Waals surface area contributed by atoms with Crippen LogP contribution >= 0.6 is 0 Å². The Kier molecular flexibility index (Phi) is 9.50. The minimum atomic E-state index is -4.54. The highest BCUT2D eigenvalue weighted by Crippen LogP contribution is 2.45. The number of hydrogen-bond acceptors (Lipinski definition) is 8. The van der Waals surface area contributed by atoms with E-state index in [1.165, 1.54) is 6.33 Å². The Morgan fingerprint density at radius 2 is 1.77 bits per heavy atom. The fourth-order valence-corrected chi connectivity index (χ4v) is 6.89. The third kappa shape index (κ3) is 7.51. The van der Waals surface area contributed by atoms with E-state index in [0.29, 0.717) is 54.3 Å². The molecule has 52 heavy (non-hydrogen) atoms. The van der Waals surface area contributed by atoms with Crippen LogP contribution in [0.25, 0.3) is 45.2 Å². The summed E-state index contributed by atoms with van der Waals surface area (Å²) in [5.74, 6) is 1.46. The van der Waals surface area contributed by atoms with Crippen LogP contribution in [-0.2, 0) is 24.2 Å². The molecule has 1 aliphatic rings. The minimum Gasteiger partial charge on any atom is -0.480 e. The number of aromatic nitrogens is 9. The van der Waals surface area contributed by atoms with Crippen molar-refractivity contribution in [1.82, 2.24) is 43.8 Å². The number of benzene rings is 1. The molecular weight excluding hydrogens is 688 g/mol. The van der Waals surface area contributed by atoms with Crippen molar-refractivity contribution >= 4 is 19.1 Å². The van der Waals surface area contributed by atoms with E-state index in [1.54, 1.807) is 22.6 Å². The lowest BCUT2D eigenvalue weighted by atomic mass is 10.1. The SMILES string of the molecule is COc1ncnc(C2CC2)c1-c1ncc2cc(-c3ccn(COCC[Si](C)(C)C)n3)n(Cc3ccc(-c4nc(C(F)(F)F)cn4C(C)C)cc3)c2n1. The molecule has 272 valence electrons. The summed E-state index contributed by atoms with van der Waals surface area (Å²) in [7, 11) is 0.355. The third-order valence-electron chi connectivity index (χ3n) is 9.11. The molecule has 0 aliphatic heterocycles. The first kappa shape index (κ1) is 35.5. The molecule has 1 saturated carbocycles. The number of imidazole rings is 1. The first-order chi connectivity index (χ1) is 24.8. The maximum Gasteiger partial charge on any atom is 0.434 e. The number of rotatable bonds is 13. The molecule has 7 rings (SSSR count). The number of methoxy groups -OCH3 is 1. The van der Waals surface area contributed by atoms with E-state index in [0.717, 1.165) is 53.1 Å². The highest BCUT2D eigenvalue weighted by Gasteiger charge is 2.35. The van der Waals surface area contributed by atoms with Gasteiger partial charge >= 0.3 is 6.18 Å². The van der Waals surface area contributed by atoms with Crippen molar-refractivity contribution in [1.29, 1.82) is 0 Å². The van der Waals surface area contributed by atoms with Crippen LogP contribution in [-0.4, -0.2) is 65.6 Å². The van der Waals surface area contributed by atoms with Gasteiger partial charge in [0, 0.05) is 62.7 Å². The molecule has 0 saturated heterocycles. The quantitative estimate of drug-likeness (QED) is 0.0861. The second kappa shape index (κ2) is 13.9. The monoisotopic (exact) mass is 729 g/mol. The topological polar surface area (TPSA) is 111 Å². The van der Waals surface area contributed by atoms with E-state index in [9.17, 15) is 13.2 Å². The molecule has 0 unspecified atom stereocenters. The molecule has 0 atom stereocenters. The third-order valence-corrected chi connectivity index (χ3v) is 10.8. The number of fused-ring (bicyclic) bond motifs is 1. The van der Waals surface area contributed by atoms with Crippen LogP contribution in [0.3, 0.4) is 0 Å². The minimum absolute atomic E-state index is 0.208. The average molecular weight is 730 g/mol. The van der Waals surface area contributed by atoms with E-state index in [4.69, 9.17) is 24.5 Å². The van der Waals surface area contributed by atoms with Crippen molar-refractivity contribution in [2.75, 3.05) is 13.7 Å². The van der Waals surface area contributed by atoms with Gasteiger partial charge in [-0.2, -0.15) is 18.3 Å². The average Bonchev–Trinajstić information content (AvgIpc) is 3.49. The molecule has 0 N–H and O–H groups in total. The second-order valence-electron chi connectivity index (χ2n) is 14.7. The van der Waals surface area contributed by atoms with Crippen molar-refractivity contribution in [2.45, 2.75) is 83.8 Å². The molecule has 15 heteroatoms. The summed E-state index contributed by atoms with van der Waals surface area (Å²) < 4.78 is 57.8. The Morgan fingerprint density at radius 3 is 2.44 bits per heavy atom. The smallest absolute Gasteiger partial charge is 0.434 e. The zero-order chi connectivity index (χ0) is 36.8. The zero-order valence-corrected chi connectivity index (χ0v) is 31.1. The summed E-state index contributed by atoms with van der Waals surface area (Å²) >= 11 is 0. The summed E-state index contributed by atoms with van der Waals surface area (Å²) in [6.07, 6.45) is 3.81. The van der Waals surface area contributed by atoms with E-state index < -0.39 is 19.9 Å². The van der Waals surface area contributed by atoms with E-state index in [-0.39, 0.29) is 11.9 Å². The van der Waals surface area contributed by atoms with Crippen LogP contribution in [0.5, 0.6) is 5.88 Å². The highest BCUT2D eigenvalue weighted by molar-refractivity contribution is 6.76. The van der Waals surface area contributed by atoms with Gasteiger partial charge in [0.2, 0.25) is 5.88 Å².